The van der Waals surface area contributed by atoms with Gasteiger partial charge in [0.2, 0.25) is 0 Å². The average molecular weight is 248 g/mol. The molecule has 1 saturated heterocycles. The van der Waals surface area contributed by atoms with Crippen molar-refractivity contribution in [3.05, 3.63) is 29.8 Å². The van der Waals surface area contributed by atoms with Gasteiger partial charge in [-0.1, -0.05) is 19.9 Å². The number of piperazine rings is 1. The summed E-state index contributed by atoms with van der Waals surface area (Å²) in [6, 6.07) is 7.64. The lowest BCUT2D eigenvalue weighted by Gasteiger charge is -2.37. The molecule has 2 N–H and O–H groups in total. The molecule has 0 amide bonds. The molecule has 4 heteroatoms. The van der Waals surface area contributed by atoms with Gasteiger partial charge >= 0.3 is 5.97 Å². The van der Waals surface area contributed by atoms with Crippen LogP contribution in [0.2, 0.25) is 0 Å². The molecule has 1 aliphatic heterocycles. The maximum absolute atomic E-state index is 11.0. The number of anilines is 1. The van der Waals surface area contributed by atoms with E-state index in [-0.39, 0.29) is 0 Å². The largest absolute Gasteiger partial charge is 0.478 e. The molecule has 0 radical (unpaired) electrons. The highest BCUT2D eigenvalue weighted by molar-refractivity contribution is 5.88. The lowest BCUT2D eigenvalue weighted by molar-refractivity contribution is 0.0697. The third-order valence-electron chi connectivity index (χ3n) is 3.47. The highest BCUT2D eigenvalue weighted by atomic mass is 16.4. The first-order valence-electron chi connectivity index (χ1n) is 6.39. The molecule has 98 valence electrons. The molecule has 4 nitrogen and oxygen atoms in total. The average Bonchev–Trinajstić information content (AvgIpc) is 2.39. The molecule has 1 aromatic carbocycles. The Morgan fingerprint density at radius 3 is 2.94 bits per heavy atom. The van der Waals surface area contributed by atoms with Crippen LogP contribution in [0.1, 0.15) is 24.2 Å². The minimum atomic E-state index is -0.868. The molecule has 18 heavy (non-hydrogen) atoms. The van der Waals surface area contributed by atoms with E-state index in [1.165, 1.54) is 0 Å². The SMILES string of the molecule is CC(C)[C@@H]1CN(c2cccc(C(=O)O)c2)CCN1. The van der Waals surface area contributed by atoms with E-state index >= 15 is 0 Å². The van der Waals surface area contributed by atoms with E-state index in [9.17, 15) is 4.79 Å². The summed E-state index contributed by atoms with van der Waals surface area (Å²) < 4.78 is 0. The number of benzene rings is 1. The van der Waals surface area contributed by atoms with E-state index in [2.05, 4.69) is 24.1 Å². The standard InChI is InChI=1S/C14H20N2O2/c1-10(2)13-9-16(7-6-15-13)12-5-3-4-11(8-12)14(17)18/h3-5,8,10,13,15H,6-7,9H2,1-2H3,(H,17,18)/t13-/m0/s1. The Kier molecular flexibility index (Phi) is 3.87. The normalized spacial score (nSPS) is 20.2. The maximum atomic E-state index is 11.0. The number of nitrogens with zero attached hydrogens (tertiary/aromatic N) is 1. The van der Waals surface area contributed by atoms with Crippen LogP contribution in [0.5, 0.6) is 0 Å². The Labute approximate surface area is 108 Å². The second-order valence-corrected chi connectivity index (χ2v) is 5.11. The predicted molar refractivity (Wildman–Crippen MR) is 72.2 cm³/mol. The van der Waals surface area contributed by atoms with Crippen LogP contribution in [-0.4, -0.2) is 36.8 Å². The van der Waals surface area contributed by atoms with Crippen LogP contribution in [-0.2, 0) is 0 Å². The second-order valence-electron chi connectivity index (χ2n) is 5.11. The molecule has 0 bridgehead atoms. The molecule has 1 aliphatic rings. The first-order valence-corrected chi connectivity index (χ1v) is 6.39. The van der Waals surface area contributed by atoms with Crippen molar-refractivity contribution >= 4 is 11.7 Å². The summed E-state index contributed by atoms with van der Waals surface area (Å²) in [4.78, 5) is 13.2. The summed E-state index contributed by atoms with van der Waals surface area (Å²) in [6.45, 7) is 7.21. The van der Waals surface area contributed by atoms with Gasteiger partial charge in [-0.2, -0.15) is 0 Å². The van der Waals surface area contributed by atoms with Crippen LogP contribution < -0.4 is 10.2 Å². The minimum Gasteiger partial charge on any atom is -0.478 e. The first kappa shape index (κ1) is 12.9. The fourth-order valence-corrected chi connectivity index (χ4v) is 2.29. The third-order valence-corrected chi connectivity index (χ3v) is 3.47. The summed E-state index contributed by atoms with van der Waals surface area (Å²) in [7, 11) is 0. The molecule has 1 heterocycles. The van der Waals surface area contributed by atoms with Gasteiger partial charge in [-0.05, 0) is 24.1 Å². The van der Waals surface area contributed by atoms with Crippen molar-refractivity contribution in [3.63, 3.8) is 0 Å². The van der Waals surface area contributed by atoms with E-state index in [0.29, 0.717) is 17.5 Å². The number of carbonyl (C=O) groups is 1. The molecule has 2 rings (SSSR count). The Morgan fingerprint density at radius 2 is 2.28 bits per heavy atom. The highest BCUT2D eigenvalue weighted by Crippen LogP contribution is 2.19. The molecule has 0 aliphatic carbocycles. The van der Waals surface area contributed by atoms with Gasteiger partial charge in [-0.25, -0.2) is 4.79 Å². The molecule has 0 saturated carbocycles. The highest BCUT2D eigenvalue weighted by Gasteiger charge is 2.22. The van der Waals surface area contributed by atoms with Gasteiger partial charge in [-0.15, -0.1) is 0 Å². The molecule has 1 fully saturated rings. The second kappa shape index (κ2) is 5.40. The van der Waals surface area contributed by atoms with Crippen LogP contribution in [0.25, 0.3) is 0 Å². The number of hydrogen-bond donors (Lipinski definition) is 2. The molecular weight excluding hydrogens is 228 g/mol. The fourth-order valence-electron chi connectivity index (χ4n) is 2.29. The van der Waals surface area contributed by atoms with E-state index in [1.54, 1.807) is 12.1 Å². The minimum absolute atomic E-state index is 0.354. The maximum Gasteiger partial charge on any atom is 0.335 e. The number of carboxylic acids is 1. The quantitative estimate of drug-likeness (QED) is 0.856. The molecule has 0 aromatic heterocycles. The van der Waals surface area contributed by atoms with Crippen LogP contribution in [0, 0.1) is 5.92 Å². The molecule has 0 spiro atoms. The lowest BCUT2D eigenvalue weighted by atomic mass is 10.0. The predicted octanol–water partition coefficient (Wildman–Crippen LogP) is 1.82. The van der Waals surface area contributed by atoms with E-state index in [1.807, 2.05) is 12.1 Å². The van der Waals surface area contributed by atoms with Gasteiger partial charge in [0.25, 0.3) is 0 Å². The van der Waals surface area contributed by atoms with Crippen molar-refractivity contribution in [2.75, 3.05) is 24.5 Å². The van der Waals surface area contributed by atoms with Crippen molar-refractivity contribution in [2.24, 2.45) is 5.92 Å². The summed E-state index contributed by atoms with van der Waals surface area (Å²) in [5.74, 6) is -0.289. The molecule has 1 atom stereocenters. The summed E-state index contributed by atoms with van der Waals surface area (Å²) in [5.41, 5.74) is 1.36. The zero-order valence-corrected chi connectivity index (χ0v) is 10.9. The van der Waals surface area contributed by atoms with Crippen molar-refractivity contribution < 1.29 is 9.90 Å². The summed E-state index contributed by atoms with van der Waals surface area (Å²) in [6.07, 6.45) is 0. The van der Waals surface area contributed by atoms with Crippen molar-refractivity contribution in [1.29, 1.82) is 0 Å². The van der Waals surface area contributed by atoms with Crippen molar-refractivity contribution in [3.8, 4) is 0 Å². The Bertz CT molecular complexity index is 432. The van der Waals surface area contributed by atoms with Gasteiger partial charge < -0.3 is 15.3 Å². The van der Waals surface area contributed by atoms with Gasteiger partial charge in [0, 0.05) is 31.4 Å². The van der Waals surface area contributed by atoms with Crippen LogP contribution in [0.3, 0.4) is 0 Å². The first-order chi connectivity index (χ1) is 8.58. The zero-order valence-electron chi connectivity index (χ0n) is 10.9. The van der Waals surface area contributed by atoms with Crippen molar-refractivity contribution in [1.82, 2.24) is 5.32 Å². The van der Waals surface area contributed by atoms with Gasteiger partial charge in [0.15, 0.2) is 0 Å². The Morgan fingerprint density at radius 1 is 1.50 bits per heavy atom. The van der Waals surface area contributed by atoms with Crippen LogP contribution in [0.4, 0.5) is 5.69 Å². The Hall–Kier alpha value is -1.55. The number of carboxylic acid groups (broad SMARTS) is 1. The van der Waals surface area contributed by atoms with Crippen LogP contribution >= 0.6 is 0 Å². The van der Waals surface area contributed by atoms with Gasteiger partial charge in [0.1, 0.15) is 0 Å². The molecule has 0 unspecified atom stereocenters. The number of aromatic carboxylic acids is 1. The smallest absolute Gasteiger partial charge is 0.335 e. The molecule has 1 aromatic rings. The molecular formula is C14H20N2O2. The fraction of sp³-hybridized carbons (Fsp3) is 0.500. The third kappa shape index (κ3) is 2.82. The van der Waals surface area contributed by atoms with E-state index in [4.69, 9.17) is 5.11 Å². The Balaban J connectivity index is 2.15. The van der Waals surface area contributed by atoms with Gasteiger partial charge in [0.05, 0.1) is 5.56 Å². The monoisotopic (exact) mass is 248 g/mol. The van der Waals surface area contributed by atoms with Crippen molar-refractivity contribution in [2.45, 2.75) is 19.9 Å². The number of nitrogens with one attached hydrogen (secondary N) is 1. The van der Waals surface area contributed by atoms with Gasteiger partial charge in [-0.3, -0.25) is 0 Å². The number of hydrogen-bond acceptors (Lipinski definition) is 3. The topological polar surface area (TPSA) is 52.6 Å². The summed E-state index contributed by atoms with van der Waals surface area (Å²) >= 11 is 0. The van der Waals surface area contributed by atoms with E-state index in [0.717, 1.165) is 25.3 Å². The number of rotatable bonds is 3. The lowest BCUT2D eigenvalue weighted by Crippen LogP contribution is -2.53. The van der Waals surface area contributed by atoms with E-state index < -0.39 is 5.97 Å². The van der Waals surface area contributed by atoms with Crippen LogP contribution in [0.15, 0.2) is 24.3 Å². The zero-order chi connectivity index (χ0) is 13.1. The summed E-state index contributed by atoms with van der Waals surface area (Å²) in [5, 5.41) is 12.5.